The Kier molecular flexibility index (Phi) is 5.68. The number of benzene rings is 1. The summed E-state index contributed by atoms with van der Waals surface area (Å²) in [5.41, 5.74) is 5.44. The number of halogens is 1. The molecular weight excluding hydrogens is 289 g/mol. The van der Waals surface area contributed by atoms with Crippen molar-refractivity contribution in [2.24, 2.45) is 0 Å². The Bertz CT molecular complexity index is 541. The highest BCUT2D eigenvalue weighted by atomic mass is 32.1. The molecule has 0 aromatic heterocycles. The van der Waals surface area contributed by atoms with Gasteiger partial charge in [0.1, 0.15) is 5.82 Å². The highest BCUT2D eigenvalue weighted by Gasteiger charge is 2.15. The molecule has 1 aliphatic carbocycles. The third kappa shape index (κ3) is 5.15. The molecule has 1 aromatic rings. The highest BCUT2D eigenvalue weighted by molar-refractivity contribution is 7.80. The van der Waals surface area contributed by atoms with Crippen molar-refractivity contribution in [3.63, 3.8) is 0 Å². The van der Waals surface area contributed by atoms with E-state index in [0.717, 1.165) is 12.8 Å². The number of amides is 1. The van der Waals surface area contributed by atoms with Crippen LogP contribution >= 0.6 is 12.2 Å². The van der Waals surface area contributed by atoms with E-state index < -0.39 is 5.91 Å². The van der Waals surface area contributed by atoms with E-state index in [-0.39, 0.29) is 5.82 Å². The largest absolute Gasteiger partial charge is 0.359 e. The van der Waals surface area contributed by atoms with Gasteiger partial charge < -0.3 is 5.32 Å². The monoisotopic (exact) mass is 307 g/mol. The van der Waals surface area contributed by atoms with Crippen molar-refractivity contribution >= 4 is 29.3 Å². The Morgan fingerprint density at radius 1 is 1.24 bits per heavy atom. The maximum absolute atomic E-state index is 13.4. The van der Waals surface area contributed by atoms with Gasteiger partial charge in [0.2, 0.25) is 0 Å². The molecule has 6 heteroatoms. The standard InChI is InChI=1S/C15H18FN3OS/c16-13-8-4-1-5-11(13)9-10-14(20)18-19-15(21)17-12-6-2-3-7-12/h1,4-5,8-10,12H,2-3,6-7H2,(H,18,20)(H2,17,19,21)/b10-9+. The van der Waals surface area contributed by atoms with Crippen molar-refractivity contribution in [1.82, 2.24) is 16.2 Å². The van der Waals surface area contributed by atoms with Gasteiger partial charge >= 0.3 is 0 Å². The molecule has 4 nitrogen and oxygen atoms in total. The van der Waals surface area contributed by atoms with Crippen LogP contribution in [0.3, 0.4) is 0 Å². The van der Waals surface area contributed by atoms with Gasteiger partial charge in [0.15, 0.2) is 5.11 Å². The summed E-state index contributed by atoms with van der Waals surface area (Å²) in [4.78, 5) is 11.6. The molecule has 0 heterocycles. The van der Waals surface area contributed by atoms with Crippen molar-refractivity contribution < 1.29 is 9.18 Å². The molecule has 1 fully saturated rings. The lowest BCUT2D eigenvalue weighted by atomic mass is 10.2. The van der Waals surface area contributed by atoms with Crippen molar-refractivity contribution in [1.29, 1.82) is 0 Å². The van der Waals surface area contributed by atoms with Crippen molar-refractivity contribution in [3.05, 3.63) is 41.7 Å². The number of thiocarbonyl (C=S) groups is 1. The summed E-state index contributed by atoms with van der Waals surface area (Å²) < 4.78 is 13.4. The van der Waals surface area contributed by atoms with Crippen LogP contribution in [0.5, 0.6) is 0 Å². The molecule has 0 unspecified atom stereocenters. The molecule has 0 atom stereocenters. The minimum absolute atomic E-state index is 0.360. The number of carbonyl (C=O) groups is 1. The van der Waals surface area contributed by atoms with Crippen LogP contribution in [0.4, 0.5) is 4.39 Å². The summed E-state index contributed by atoms with van der Waals surface area (Å²) in [6.07, 6.45) is 7.28. The number of hydrazine groups is 1. The van der Waals surface area contributed by atoms with E-state index in [4.69, 9.17) is 12.2 Å². The Hall–Kier alpha value is -1.95. The van der Waals surface area contributed by atoms with Crippen molar-refractivity contribution in [3.8, 4) is 0 Å². The van der Waals surface area contributed by atoms with E-state index in [9.17, 15) is 9.18 Å². The third-order valence-electron chi connectivity index (χ3n) is 3.31. The Labute approximate surface area is 128 Å². The van der Waals surface area contributed by atoms with Gasteiger partial charge in [0.25, 0.3) is 5.91 Å². The lowest BCUT2D eigenvalue weighted by Crippen LogP contribution is -2.48. The lowest BCUT2D eigenvalue weighted by Gasteiger charge is -2.15. The van der Waals surface area contributed by atoms with Gasteiger partial charge in [0, 0.05) is 17.7 Å². The van der Waals surface area contributed by atoms with Crippen molar-refractivity contribution in [2.45, 2.75) is 31.7 Å². The van der Waals surface area contributed by atoms with Gasteiger partial charge in [-0.15, -0.1) is 0 Å². The Balaban J connectivity index is 1.74. The quantitative estimate of drug-likeness (QED) is 0.455. The molecule has 3 N–H and O–H groups in total. The minimum atomic E-state index is -0.395. The van der Waals surface area contributed by atoms with E-state index in [0.29, 0.717) is 16.7 Å². The van der Waals surface area contributed by atoms with Gasteiger partial charge in [-0.05, 0) is 37.2 Å². The van der Waals surface area contributed by atoms with Gasteiger partial charge in [0.05, 0.1) is 0 Å². The molecule has 0 aliphatic heterocycles. The zero-order valence-electron chi connectivity index (χ0n) is 11.6. The second kappa shape index (κ2) is 7.73. The molecule has 0 spiro atoms. The average Bonchev–Trinajstić information content (AvgIpc) is 2.97. The number of hydrogen-bond donors (Lipinski definition) is 3. The number of nitrogens with one attached hydrogen (secondary N) is 3. The zero-order valence-corrected chi connectivity index (χ0v) is 12.4. The fraction of sp³-hybridized carbons (Fsp3) is 0.333. The molecule has 21 heavy (non-hydrogen) atoms. The summed E-state index contributed by atoms with van der Waals surface area (Å²) in [6, 6.07) is 6.63. The predicted octanol–water partition coefficient (Wildman–Crippen LogP) is 2.28. The zero-order chi connectivity index (χ0) is 15.1. The fourth-order valence-corrected chi connectivity index (χ4v) is 2.45. The maximum atomic E-state index is 13.4. The van der Waals surface area contributed by atoms with Gasteiger partial charge in [-0.2, -0.15) is 0 Å². The molecule has 1 saturated carbocycles. The predicted molar refractivity (Wildman–Crippen MR) is 84.7 cm³/mol. The Morgan fingerprint density at radius 2 is 1.95 bits per heavy atom. The van der Waals surface area contributed by atoms with Gasteiger partial charge in [-0.25, -0.2) is 4.39 Å². The van der Waals surface area contributed by atoms with Crippen LogP contribution < -0.4 is 16.2 Å². The number of rotatable bonds is 3. The van der Waals surface area contributed by atoms with E-state index in [1.54, 1.807) is 18.2 Å². The Morgan fingerprint density at radius 3 is 2.67 bits per heavy atom. The summed E-state index contributed by atoms with van der Waals surface area (Å²) in [7, 11) is 0. The maximum Gasteiger partial charge on any atom is 0.262 e. The van der Waals surface area contributed by atoms with E-state index >= 15 is 0 Å². The molecule has 2 rings (SSSR count). The van der Waals surface area contributed by atoms with Gasteiger partial charge in [-0.1, -0.05) is 31.0 Å². The molecule has 0 bridgehead atoms. The van der Waals surface area contributed by atoms with Gasteiger partial charge in [-0.3, -0.25) is 15.6 Å². The molecule has 0 saturated heterocycles. The molecule has 0 radical (unpaired) electrons. The summed E-state index contributed by atoms with van der Waals surface area (Å²) in [5, 5.41) is 3.54. The van der Waals surface area contributed by atoms with Crippen LogP contribution in [0.25, 0.3) is 6.08 Å². The van der Waals surface area contributed by atoms with Crippen LogP contribution in [-0.4, -0.2) is 17.1 Å². The smallest absolute Gasteiger partial charge is 0.262 e. The molecule has 112 valence electrons. The van der Waals surface area contributed by atoms with E-state index in [1.165, 1.54) is 31.1 Å². The van der Waals surface area contributed by atoms with Crippen LogP contribution in [0.15, 0.2) is 30.3 Å². The second-order valence-electron chi connectivity index (χ2n) is 4.92. The SMILES string of the molecule is O=C(/C=C/c1ccccc1F)NNC(=S)NC1CCCC1. The topological polar surface area (TPSA) is 53.2 Å². The van der Waals surface area contributed by atoms with E-state index in [2.05, 4.69) is 16.2 Å². The molecule has 1 amide bonds. The lowest BCUT2D eigenvalue weighted by molar-refractivity contribution is -0.116. The first-order valence-electron chi connectivity index (χ1n) is 6.94. The second-order valence-corrected chi connectivity index (χ2v) is 5.33. The fourth-order valence-electron chi connectivity index (χ4n) is 2.23. The van der Waals surface area contributed by atoms with Crippen LogP contribution in [0.2, 0.25) is 0 Å². The normalized spacial score (nSPS) is 15.1. The highest BCUT2D eigenvalue weighted by Crippen LogP contribution is 2.17. The first kappa shape index (κ1) is 15.4. The molecule has 1 aromatic carbocycles. The summed E-state index contributed by atoms with van der Waals surface area (Å²) >= 11 is 5.09. The molecular formula is C15H18FN3OS. The first-order chi connectivity index (χ1) is 10.1. The van der Waals surface area contributed by atoms with Crippen LogP contribution in [0, 0.1) is 5.82 Å². The third-order valence-corrected chi connectivity index (χ3v) is 3.53. The number of carbonyl (C=O) groups excluding carboxylic acids is 1. The number of hydrogen-bond acceptors (Lipinski definition) is 2. The average molecular weight is 307 g/mol. The molecule has 1 aliphatic rings. The first-order valence-corrected chi connectivity index (χ1v) is 7.35. The van der Waals surface area contributed by atoms with Crippen LogP contribution in [0.1, 0.15) is 31.2 Å². The van der Waals surface area contributed by atoms with Crippen LogP contribution in [-0.2, 0) is 4.79 Å². The summed E-state index contributed by atoms with van der Waals surface area (Å²) in [6.45, 7) is 0. The summed E-state index contributed by atoms with van der Waals surface area (Å²) in [5.74, 6) is -0.762. The van der Waals surface area contributed by atoms with Crippen molar-refractivity contribution in [2.75, 3.05) is 0 Å². The van der Waals surface area contributed by atoms with E-state index in [1.807, 2.05) is 0 Å². The minimum Gasteiger partial charge on any atom is -0.359 e.